The van der Waals surface area contributed by atoms with Gasteiger partial charge in [0.1, 0.15) is 11.6 Å². The summed E-state index contributed by atoms with van der Waals surface area (Å²) in [6, 6.07) is 7.50. The number of hydrogen-bond donors (Lipinski definition) is 0. The molecular weight excluding hydrogens is 421 g/mol. The third-order valence-corrected chi connectivity index (χ3v) is 5.32. The fraction of sp³-hybridized carbons (Fsp3) is 0.571. The van der Waals surface area contributed by atoms with Gasteiger partial charge in [-0.15, -0.1) is 14.3 Å². The maximum Gasteiger partial charge on any atom is 0.410 e. The molecule has 10 heteroatoms. The Balaban J connectivity index is 2.38. The van der Waals surface area contributed by atoms with Crippen LogP contribution in [-0.2, 0) is 19.2 Å². The van der Waals surface area contributed by atoms with Crippen LogP contribution in [0.25, 0.3) is 0 Å². The lowest BCUT2D eigenvalue weighted by Crippen LogP contribution is -2.57. The molecule has 0 saturated carbocycles. The maximum atomic E-state index is 13.1. The second-order valence-corrected chi connectivity index (χ2v) is 9.88. The molecule has 0 aromatic heterocycles. The first-order chi connectivity index (χ1) is 14.4. The Hall–Kier alpha value is -2.22. The number of benzene rings is 1. The lowest BCUT2D eigenvalue weighted by molar-refractivity contribution is -0.205. The van der Waals surface area contributed by atoms with Crippen LogP contribution in [0.3, 0.4) is 0 Å². The summed E-state index contributed by atoms with van der Waals surface area (Å²) in [7, 11) is 5.45. The van der Waals surface area contributed by atoms with E-state index in [2.05, 4.69) is 9.24 Å². The number of nitrogens with zero attached hydrogens (tertiary/aromatic N) is 3. The molecule has 172 valence electrons. The second kappa shape index (κ2) is 9.94. The van der Waals surface area contributed by atoms with Crippen LogP contribution in [0.2, 0.25) is 0 Å². The van der Waals surface area contributed by atoms with Gasteiger partial charge in [0.05, 0.1) is 24.5 Å². The molecule has 31 heavy (non-hydrogen) atoms. The molecule has 1 heterocycles. The summed E-state index contributed by atoms with van der Waals surface area (Å²) in [6.07, 6.45) is -0.123. The van der Waals surface area contributed by atoms with Crippen molar-refractivity contribution in [1.29, 1.82) is 0 Å². The molecule has 3 atom stereocenters. The van der Waals surface area contributed by atoms with E-state index in [1.54, 1.807) is 51.1 Å². The topological polar surface area (TPSA) is 88.6 Å². The van der Waals surface area contributed by atoms with E-state index >= 15 is 0 Å². The Kier molecular flexibility index (Phi) is 8.03. The van der Waals surface area contributed by atoms with E-state index in [0.29, 0.717) is 18.5 Å². The third-order valence-electron chi connectivity index (χ3n) is 4.78. The number of likely N-dealkylation sites (N-methyl/N-ethyl adjacent to an activating group) is 1. The Bertz CT molecular complexity index is 796. The minimum absolute atomic E-state index is 0.0342. The molecule has 2 rings (SSSR count). The second-order valence-electron chi connectivity index (χ2n) is 8.64. The summed E-state index contributed by atoms with van der Waals surface area (Å²) in [5.41, 5.74) is -0.335. The van der Waals surface area contributed by atoms with Gasteiger partial charge in [0, 0.05) is 13.6 Å². The average Bonchev–Trinajstić information content (AvgIpc) is 2.82. The fourth-order valence-electron chi connectivity index (χ4n) is 3.06. The fourth-order valence-corrected chi connectivity index (χ4v) is 3.42. The largest absolute Gasteiger partial charge is 0.444 e. The minimum Gasteiger partial charge on any atom is -0.444 e. The van der Waals surface area contributed by atoms with Gasteiger partial charge < -0.3 is 14.5 Å². The van der Waals surface area contributed by atoms with Gasteiger partial charge in [-0.25, -0.2) is 14.7 Å². The lowest BCUT2D eigenvalue weighted by atomic mass is 10.2. The Morgan fingerprint density at radius 2 is 1.81 bits per heavy atom. The van der Waals surface area contributed by atoms with Crippen LogP contribution in [0.1, 0.15) is 44.5 Å². The molecule has 1 aromatic rings. The number of amides is 2. The molecule has 0 bridgehead atoms. The monoisotopic (exact) mass is 453 g/mol. The third kappa shape index (κ3) is 6.63. The zero-order chi connectivity index (χ0) is 23.4. The quantitative estimate of drug-likeness (QED) is 0.512. The lowest BCUT2D eigenvalue weighted by Gasteiger charge is -2.39. The van der Waals surface area contributed by atoms with Gasteiger partial charge in [0.25, 0.3) is 5.91 Å². The molecule has 0 radical (unpaired) electrons. The molecule has 9 nitrogen and oxygen atoms in total. The van der Waals surface area contributed by atoms with Crippen LogP contribution >= 0.6 is 9.24 Å². The highest BCUT2D eigenvalue weighted by Gasteiger charge is 2.46. The van der Waals surface area contributed by atoms with Crippen molar-refractivity contribution >= 4 is 27.2 Å². The molecule has 0 spiro atoms. The van der Waals surface area contributed by atoms with Gasteiger partial charge in [-0.2, -0.15) is 0 Å². The van der Waals surface area contributed by atoms with Crippen LogP contribution in [0.4, 0.5) is 4.79 Å². The highest BCUT2D eigenvalue weighted by Crippen LogP contribution is 2.34. The van der Waals surface area contributed by atoms with Gasteiger partial charge >= 0.3 is 12.1 Å². The van der Waals surface area contributed by atoms with E-state index in [4.69, 9.17) is 14.4 Å². The van der Waals surface area contributed by atoms with Crippen molar-refractivity contribution in [1.82, 2.24) is 15.0 Å². The first-order valence-corrected chi connectivity index (χ1v) is 10.6. The van der Waals surface area contributed by atoms with Crippen molar-refractivity contribution in [2.45, 2.75) is 51.0 Å². The van der Waals surface area contributed by atoms with Crippen molar-refractivity contribution in [3.8, 4) is 0 Å². The molecular formula is C21H32N3O6P. The molecule has 0 N–H and O–H groups in total. The van der Waals surface area contributed by atoms with E-state index < -0.39 is 34.9 Å². The molecule has 1 saturated heterocycles. The van der Waals surface area contributed by atoms with E-state index in [1.807, 2.05) is 6.92 Å². The number of hydroxylamine groups is 4. The van der Waals surface area contributed by atoms with E-state index in [-0.39, 0.29) is 6.54 Å². The van der Waals surface area contributed by atoms with Gasteiger partial charge in [-0.05, 0) is 46.2 Å². The summed E-state index contributed by atoms with van der Waals surface area (Å²) in [5, 5.41) is 1.57. The predicted octanol–water partition coefficient (Wildman–Crippen LogP) is 2.68. The summed E-state index contributed by atoms with van der Waals surface area (Å²) in [5.74, 6) is -1.06. The minimum atomic E-state index is -1.00. The van der Waals surface area contributed by atoms with Crippen molar-refractivity contribution in [2.24, 2.45) is 0 Å². The Morgan fingerprint density at radius 1 is 1.19 bits per heavy atom. The van der Waals surface area contributed by atoms with Crippen molar-refractivity contribution < 1.29 is 28.8 Å². The predicted molar refractivity (Wildman–Crippen MR) is 118 cm³/mol. The first-order valence-electron chi connectivity index (χ1n) is 10.0. The standard InChI is InChI=1S/C21H32N3O6P/c1-20(2,3)29-19(27)23-13-12-21(4,31)24(16(14-23)17(25)22(5)28-6)30-18(26)15-10-8-7-9-11-15/h7-11,16H,12-14,31H2,1-6H3. The summed E-state index contributed by atoms with van der Waals surface area (Å²) in [4.78, 5) is 50.9. The van der Waals surface area contributed by atoms with Crippen molar-refractivity contribution in [2.75, 3.05) is 27.2 Å². The Morgan fingerprint density at radius 3 is 2.35 bits per heavy atom. The van der Waals surface area contributed by atoms with Gasteiger partial charge in [-0.1, -0.05) is 18.2 Å². The zero-order valence-corrected chi connectivity index (χ0v) is 20.1. The number of ether oxygens (including phenoxy) is 1. The van der Waals surface area contributed by atoms with E-state index in [9.17, 15) is 14.4 Å². The maximum absolute atomic E-state index is 13.1. The van der Waals surface area contributed by atoms with Gasteiger partial charge in [0.2, 0.25) is 0 Å². The zero-order valence-electron chi connectivity index (χ0n) is 19.0. The van der Waals surface area contributed by atoms with Gasteiger partial charge in [0.15, 0.2) is 0 Å². The van der Waals surface area contributed by atoms with Crippen LogP contribution < -0.4 is 0 Å². The van der Waals surface area contributed by atoms with Crippen LogP contribution in [-0.4, -0.2) is 77.2 Å². The van der Waals surface area contributed by atoms with E-state index in [0.717, 1.165) is 5.06 Å². The smallest absolute Gasteiger partial charge is 0.410 e. The number of rotatable bonds is 4. The van der Waals surface area contributed by atoms with Crippen molar-refractivity contribution in [3.63, 3.8) is 0 Å². The highest BCUT2D eigenvalue weighted by atomic mass is 31.0. The molecule has 2 amide bonds. The highest BCUT2D eigenvalue weighted by molar-refractivity contribution is 7.18. The number of hydrogen-bond acceptors (Lipinski definition) is 7. The van der Waals surface area contributed by atoms with Crippen LogP contribution in [0.5, 0.6) is 0 Å². The van der Waals surface area contributed by atoms with Crippen LogP contribution in [0.15, 0.2) is 30.3 Å². The molecule has 1 aromatic carbocycles. The summed E-state index contributed by atoms with van der Waals surface area (Å²) >= 11 is 0. The molecule has 0 aliphatic carbocycles. The number of carbonyl (C=O) groups is 3. The normalized spacial score (nSPS) is 22.4. The number of carbonyl (C=O) groups excluding carboxylic acids is 3. The van der Waals surface area contributed by atoms with Crippen molar-refractivity contribution in [3.05, 3.63) is 35.9 Å². The first kappa shape index (κ1) is 25.0. The Labute approximate surface area is 185 Å². The van der Waals surface area contributed by atoms with E-state index in [1.165, 1.54) is 24.1 Å². The molecule has 3 unspecified atom stereocenters. The van der Waals surface area contributed by atoms with Gasteiger partial charge in [-0.3, -0.25) is 9.63 Å². The summed E-state index contributed by atoms with van der Waals surface area (Å²) < 4.78 is 5.50. The average molecular weight is 453 g/mol. The van der Waals surface area contributed by atoms with Crippen LogP contribution in [0, 0.1) is 0 Å². The molecule has 1 aliphatic rings. The SMILES string of the molecule is CON(C)C(=O)C1CN(C(=O)OC(C)(C)C)CCC(C)(P)N1OC(=O)c1ccccc1. The molecule has 1 fully saturated rings. The molecule has 1 aliphatic heterocycles. The summed E-state index contributed by atoms with van der Waals surface area (Å²) in [6.45, 7) is 7.43.